The molecule has 0 spiro atoms. The van der Waals surface area contributed by atoms with Gasteiger partial charge in [-0.3, -0.25) is 0 Å². The fraction of sp³-hybridized carbons (Fsp3) is 0.167. The number of rotatable bonds is 2. The molecule has 15 heavy (non-hydrogen) atoms. The van der Waals surface area contributed by atoms with Crippen molar-refractivity contribution in [3.8, 4) is 0 Å². The zero-order valence-electron chi connectivity index (χ0n) is 6.92. The Bertz CT molecular complexity index is 494. The van der Waals surface area contributed by atoms with Crippen LogP contribution in [0.3, 0.4) is 0 Å². The van der Waals surface area contributed by atoms with Gasteiger partial charge in [0, 0.05) is 6.20 Å². The van der Waals surface area contributed by atoms with Crippen molar-refractivity contribution in [3.05, 3.63) is 21.4 Å². The molecule has 1 heterocycles. The van der Waals surface area contributed by atoms with Gasteiger partial charge < -0.3 is 0 Å². The number of primary sulfonamides is 1. The second-order valence-corrected chi connectivity index (χ2v) is 5.14. The summed E-state index contributed by atoms with van der Waals surface area (Å²) in [4.78, 5) is 2.69. The van der Waals surface area contributed by atoms with E-state index in [4.69, 9.17) is 16.7 Å². The van der Waals surface area contributed by atoms with E-state index in [-0.39, 0.29) is 4.47 Å². The highest BCUT2D eigenvalue weighted by Gasteiger charge is 2.24. The van der Waals surface area contributed by atoms with Crippen LogP contribution in [0.1, 0.15) is 12.0 Å². The van der Waals surface area contributed by atoms with Crippen molar-refractivity contribution in [2.45, 2.75) is 11.3 Å². The van der Waals surface area contributed by atoms with Gasteiger partial charge in [-0.05, 0) is 15.9 Å². The lowest BCUT2D eigenvalue weighted by Gasteiger charge is -2.08. The number of nitrogens with zero attached hydrogens (tertiary/aromatic N) is 1. The van der Waals surface area contributed by atoms with Crippen molar-refractivity contribution in [2.24, 2.45) is 5.14 Å². The maximum atomic E-state index is 12.4. The maximum absolute atomic E-state index is 12.4. The first-order valence-corrected chi connectivity index (χ1v) is 6.11. The molecule has 1 aromatic heterocycles. The van der Waals surface area contributed by atoms with Gasteiger partial charge in [-0.1, -0.05) is 11.6 Å². The summed E-state index contributed by atoms with van der Waals surface area (Å²) in [5.74, 6) is 0. The molecule has 0 amide bonds. The normalized spacial score (nSPS) is 12.1. The number of nitrogens with two attached hydrogens (primary N) is 1. The summed E-state index contributed by atoms with van der Waals surface area (Å²) >= 11 is 8.15. The Labute approximate surface area is 97.6 Å². The Kier molecular flexibility index (Phi) is 3.64. The maximum Gasteiger partial charge on any atom is 0.266 e. The van der Waals surface area contributed by atoms with Crippen molar-refractivity contribution >= 4 is 37.6 Å². The van der Waals surface area contributed by atoms with Crippen LogP contribution in [0.5, 0.6) is 0 Å². The Balaban J connectivity index is 3.59. The van der Waals surface area contributed by atoms with E-state index < -0.39 is 32.1 Å². The smallest absolute Gasteiger partial charge is 0.243 e. The van der Waals surface area contributed by atoms with E-state index in [1.807, 2.05) is 0 Å². The van der Waals surface area contributed by atoms with Crippen molar-refractivity contribution in [2.75, 3.05) is 0 Å². The molecule has 84 valence electrons. The standard InChI is InChI=1S/C6H4BrClF2N2O2S/c7-3-2(6(9)10)1-12-5(8)4(3)15(11,13)14/h1,6H,(H2,11,13,14). The minimum absolute atomic E-state index is 0.361. The highest BCUT2D eigenvalue weighted by atomic mass is 79.9. The third-order valence-corrected chi connectivity index (χ3v) is 3.96. The van der Waals surface area contributed by atoms with Gasteiger partial charge in [-0.2, -0.15) is 0 Å². The van der Waals surface area contributed by atoms with Crippen LogP contribution in [0.15, 0.2) is 15.6 Å². The molecule has 0 unspecified atom stereocenters. The minimum atomic E-state index is -4.19. The second kappa shape index (κ2) is 4.28. The van der Waals surface area contributed by atoms with Gasteiger partial charge in [0.05, 0.1) is 10.0 Å². The van der Waals surface area contributed by atoms with Crippen LogP contribution >= 0.6 is 27.5 Å². The molecule has 0 radical (unpaired) electrons. The first-order valence-electron chi connectivity index (χ1n) is 3.40. The van der Waals surface area contributed by atoms with E-state index in [1.165, 1.54) is 0 Å². The third kappa shape index (κ3) is 2.63. The van der Waals surface area contributed by atoms with Gasteiger partial charge in [-0.25, -0.2) is 27.3 Å². The zero-order chi connectivity index (χ0) is 11.8. The quantitative estimate of drug-likeness (QED) is 0.848. The average Bonchev–Trinajstić information content (AvgIpc) is 2.00. The molecule has 0 aliphatic heterocycles. The number of sulfonamides is 1. The predicted octanol–water partition coefficient (Wildman–Crippen LogP) is 2.08. The van der Waals surface area contributed by atoms with Crippen LogP contribution in [0.4, 0.5) is 8.78 Å². The number of hydrogen-bond donors (Lipinski definition) is 1. The van der Waals surface area contributed by atoms with Crippen LogP contribution < -0.4 is 5.14 Å². The fourth-order valence-electron chi connectivity index (χ4n) is 0.858. The second-order valence-electron chi connectivity index (χ2n) is 2.49. The van der Waals surface area contributed by atoms with Crippen LogP contribution in [-0.2, 0) is 10.0 Å². The highest BCUT2D eigenvalue weighted by Crippen LogP contribution is 2.34. The van der Waals surface area contributed by atoms with Crippen molar-refractivity contribution in [1.82, 2.24) is 4.98 Å². The molecule has 1 rings (SSSR count). The average molecular weight is 322 g/mol. The summed E-state index contributed by atoms with van der Waals surface area (Å²) in [6.45, 7) is 0. The topological polar surface area (TPSA) is 73.1 Å². The molecule has 0 bridgehead atoms. The van der Waals surface area contributed by atoms with Gasteiger partial charge in [0.25, 0.3) is 6.43 Å². The summed E-state index contributed by atoms with van der Waals surface area (Å²) in [6.07, 6.45) is -2.09. The summed E-state index contributed by atoms with van der Waals surface area (Å²) < 4.78 is 46.5. The fourth-order valence-corrected chi connectivity index (χ4v) is 3.23. The summed E-state index contributed by atoms with van der Waals surface area (Å²) in [6, 6.07) is 0. The van der Waals surface area contributed by atoms with Gasteiger partial charge >= 0.3 is 0 Å². The van der Waals surface area contributed by atoms with E-state index in [0.29, 0.717) is 0 Å². The van der Waals surface area contributed by atoms with Crippen LogP contribution in [0.25, 0.3) is 0 Å². The molecule has 1 aromatic rings. The highest BCUT2D eigenvalue weighted by molar-refractivity contribution is 9.10. The molecule has 4 nitrogen and oxygen atoms in total. The van der Waals surface area contributed by atoms with Crippen molar-refractivity contribution in [3.63, 3.8) is 0 Å². The molecule has 0 atom stereocenters. The van der Waals surface area contributed by atoms with Crippen LogP contribution in [0.2, 0.25) is 5.15 Å². The van der Waals surface area contributed by atoms with Gasteiger partial charge in [0.15, 0.2) is 0 Å². The van der Waals surface area contributed by atoms with Crippen LogP contribution in [-0.4, -0.2) is 13.4 Å². The summed E-state index contributed by atoms with van der Waals surface area (Å²) in [7, 11) is -4.19. The van der Waals surface area contributed by atoms with E-state index in [1.54, 1.807) is 0 Å². The summed E-state index contributed by atoms with van der Waals surface area (Å²) in [5.41, 5.74) is -0.580. The van der Waals surface area contributed by atoms with Gasteiger partial charge in [0.1, 0.15) is 10.0 Å². The van der Waals surface area contributed by atoms with Crippen LogP contribution in [0, 0.1) is 0 Å². The SMILES string of the molecule is NS(=O)(=O)c1c(Cl)ncc(C(F)F)c1Br. The monoisotopic (exact) mass is 320 g/mol. The molecule has 9 heteroatoms. The molecular weight excluding hydrogens is 317 g/mol. The Hall–Kier alpha value is -0.310. The number of alkyl halides is 2. The van der Waals surface area contributed by atoms with E-state index in [0.717, 1.165) is 6.20 Å². The third-order valence-electron chi connectivity index (χ3n) is 1.48. The predicted molar refractivity (Wildman–Crippen MR) is 53.3 cm³/mol. The molecular formula is C6H4BrClF2N2O2S. The van der Waals surface area contributed by atoms with Crippen molar-refractivity contribution < 1.29 is 17.2 Å². The van der Waals surface area contributed by atoms with E-state index in [9.17, 15) is 17.2 Å². The lowest BCUT2D eigenvalue weighted by atomic mass is 10.3. The molecule has 0 aromatic carbocycles. The molecule has 0 saturated carbocycles. The summed E-state index contributed by atoms with van der Waals surface area (Å²) in [5, 5.41) is 4.35. The lowest BCUT2D eigenvalue weighted by molar-refractivity contribution is 0.149. The zero-order valence-corrected chi connectivity index (χ0v) is 10.1. The van der Waals surface area contributed by atoms with E-state index >= 15 is 0 Å². The number of aromatic nitrogens is 1. The molecule has 0 fully saturated rings. The van der Waals surface area contributed by atoms with E-state index in [2.05, 4.69) is 20.9 Å². The molecule has 0 saturated heterocycles. The number of pyridine rings is 1. The van der Waals surface area contributed by atoms with Crippen molar-refractivity contribution in [1.29, 1.82) is 0 Å². The lowest BCUT2D eigenvalue weighted by Crippen LogP contribution is -2.15. The molecule has 0 aliphatic carbocycles. The Morgan fingerprint density at radius 2 is 2.07 bits per heavy atom. The number of hydrogen-bond acceptors (Lipinski definition) is 3. The molecule has 0 aliphatic rings. The molecule has 2 N–H and O–H groups in total. The Morgan fingerprint density at radius 3 is 2.47 bits per heavy atom. The first-order chi connectivity index (χ1) is 6.75. The van der Waals surface area contributed by atoms with Gasteiger partial charge in [0.2, 0.25) is 10.0 Å². The largest absolute Gasteiger partial charge is 0.266 e. The number of halogens is 4. The Morgan fingerprint density at radius 1 is 1.53 bits per heavy atom. The van der Waals surface area contributed by atoms with Gasteiger partial charge in [-0.15, -0.1) is 0 Å². The first kappa shape index (κ1) is 12.8. The minimum Gasteiger partial charge on any atom is -0.243 e.